The minimum absolute atomic E-state index is 0.0852. The summed E-state index contributed by atoms with van der Waals surface area (Å²) in [4.78, 5) is 11.5. The number of nitrogens with one attached hydrogen (secondary N) is 1. The first-order valence-electron chi connectivity index (χ1n) is 4.21. The number of ether oxygens (including phenoxy) is 1. The maximum absolute atomic E-state index is 10.8. The maximum Gasteiger partial charge on any atom is 0.322 e. The van der Waals surface area contributed by atoms with Crippen LogP contribution in [0.5, 0.6) is 6.01 Å². The molecular formula is C7H13N5O2S. The third kappa shape index (κ3) is 4.07. The Morgan fingerprint density at radius 1 is 1.47 bits per heavy atom. The van der Waals surface area contributed by atoms with Gasteiger partial charge in [0.05, 0.1) is 7.11 Å². The van der Waals surface area contributed by atoms with Gasteiger partial charge < -0.3 is 15.8 Å². The quantitative estimate of drug-likeness (QED) is 0.687. The third-order valence-electron chi connectivity index (χ3n) is 1.49. The molecule has 1 heterocycles. The van der Waals surface area contributed by atoms with Gasteiger partial charge in [-0.15, -0.1) is 0 Å². The van der Waals surface area contributed by atoms with Gasteiger partial charge in [0.1, 0.15) is 0 Å². The molecule has 84 valence electrons. The van der Waals surface area contributed by atoms with Crippen LogP contribution in [0.2, 0.25) is 0 Å². The molecule has 0 aromatic carbocycles. The Morgan fingerprint density at radius 3 is 2.80 bits per heavy atom. The number of hydrogen-bond donors (Lipinski definition) is 2. The summed E-state index contributed by atoms with van der Waals surface area (Å²) < 4.78 is 15.6. The van der Waals surface area contributed by atoms with E-state index in [4.69, 9.17) is 10.5 Å². The highest BCUT2D eigenvalue weighted by Gasteiger charge is 2.03. The summed E-state index contributed by atoms with van der Waals surface area (Å²) in [5, 5.41) is 2.88. The maximum atomic E-state index is 10.8. The molecule has 1 aromatic heterocycles. The zero-order valence-electron chi connectivity index (χ0n) is 8.56. The molecule has 0 aliphatic carbocycles. The molecule has 0 radical (unpaired) electrons. The number of nitrogen functional groups attached to an aromatic ring is 1. The van der Waals surface area contributed by atoms with E-state index in [1.165, 1.54) is 7.11 Å². The van der Waals surface area contributed by atoms with Gasteiger partial charge in [-0.3, -0.25) is 4.21 Å². The summed E-state index contributed by atoms with van der Waals surface area (Å²) in [6, 6.07) is 0.155. The van der Waals surface area contributed by atoms with Crippen LogP contribution in [0.1, 0.15) is 0 Å². The number of rotatable bonds is 5. The Hall–Kier alpha value is -1.44. The lowest BCUT2D eigenvalue weighted by atomic mass is 10.7. The molecule has 0 saturated carbocycles. The molecule has 1 rings (SSSR count). The SMILES string of the molecule is COc1nc(N)nc(NCCS(C)=O)n1. The molecule has 1 unspecified atom stereocenters. The van der Waals surface area contributed by atoms with Crippen molar-refractivity contribution in [3.63, 3.8) is 0 Å². The minimum atomic E-state index is -0.848. The Balaban J connectivity index is 2.60. The van der Waals surface area contributed by atoms with Gasteiger partial charge in [-0.05, 0) is 0 Å². The molecule has 0 aliphatic rings. The van der Waals surface area contributed by atoms with Gasteiger partial charge in [0.2, 0.25) is 11.9 Å². The first-order chi connectivity index (χ1) is 7.11. The zero-order chi connectivity index (χ0) is 11.3. The van der Waals surface area contributed by atoms with Crippen LogP contribution >= 0.6 is 0 Å². The van der Waals surface area contributed by atoms with Gasteiger partial charge in [0, 0.05) is 29.4 Å². The third-order valence-corrected chi connectivity index (χ3v) is 2.27. The lowest BCUT2D eigenvalue weighted by molar-refractivity contribution is 0.380. The second kappa shape index (κ2) is 5.44. The van der Waals surface area contributed by atoms with Crippen molar-refractivity contribution < 1.29 is 8.95 Å². The van der Waals surface area contributed by atoms with Crippen LogP contribution in [-0.4, -0.2) is 44.8 Å². The summed E-state index contributed by atoms with van der Waals surface area (Å²) in [7, 11) is 0.596. The van der Waals surface area contributed by atoms with Crippen LogP contribution in [0.3, 0.4) is 0 Å². The standard InChI is InChI=1S/C7H13N5O2S/c1-14-7-11-5(8)10-6(12-7)9-3-4-15(2)13/h3-4H2,1-2H3,(H3,8,9,10,11,12). The van der Waals surface area contributed by atoms with Crippen molar-refractivity contribution >= 4 is 22.7 Å². The fraction of sp³-hybridized carbons (Fsp3) is 0.571. The van der Waals surface area contributed by atoms with E-state index in [1.54, 1.807) is 6.26 Å². The summed E-state index contributed by atoms with van der Waals surface area (Å²) in [6.07, 6.45) is 1.63. The topological polar surface area (TPSA) is 103 Å². The molecule has 0 spiro atoms. The molecule has 1 aromatic rings. The Kier molecular flexibility index (Phi) is 4.22. The van der Waals surface area contributed by atoms with E-state index in [0.29, 0.717) is 18.2 Å². The number of aromatic nitrogens is 3. The molecule has 0 amide bonds. The van der Waals surface area contributed by atoms with E-state index in [0.717, 1.165) is 0 Å². The van der Waals surface area contributed by atoms with Crippen molar-refractivity contribution in [2.24, 2.45) is 0 Å². The van der Waals surface area contributed by atoms with Gasteiger partial charge in [-0.2, -0.15) is 15.0 Å². The monoisotopic (exact) mass is 231 g/mol. The Bertz CT molecular complexity index is 359. The van der Waals surface area contributed by atoms with Crippen LogP contribution in [0.4, 0.5) is 11.9 Å². The predicted molar refractivity (Wildman–Crippen MR) is 58.2 cm³/mol. The zero-order valence-corrected chi connectivity index (χ0v) is 9.37. The van der Waals surface area contributed by atoms with Crippen LogP contribution in [-0.2, 0) is 10.8 Å². The first-order valence-corrected chi connectivity index (χ1v) is 5.94. The Labute approximate surface area is 89.9 Å². The second-order valence-corrected chi connectivity index (χ2v) is 4.26. The molecule has 15 heavy (non-hydrogen) atoms. The smallest absolute Gasteiger partial charge is 0.322 e. The van der Waals surface area contributed by atoms with Gasteiger partial charge >= 0.3 is 6.01 Å². The van der Waals surface area contributed by atoms with Crippen LogP contribution in [0, 0.1) is 0 Å². The van der Waals surface area contributed by atoms with Crippen molar-refractivity contribution in [2.75, 3.05) is 36.7 Å². The lowest BCUT2D eigenvalue weighted by Crippen LogP contribution is -2.13. The predicted octanol–water partition coefficient (Wildman–Crippen LogP) is -0.747. The molecule has 0 bridgehead atoms. The average Bonchev–Trinajstić information content (AvgIpc) is 2.16. The fourth-order valence-corrected chi connectivity index (χ4v) is 1.24. The molecule has 8 heteroatoms. The summed E-state index contributed by atoms with van der Waals surface area (Å²) >= 11 is 0. The number of hydrogen-bond acceptors (Lipinski definition) is 7. The summed E-state index contributed by atoms with van der Waals surface area (Å²) in [5.74, 6) is 0.931. The molecule has 3 N–H and O–H groups in total. The van der Waals surface area contributed by atoms with E-state index in [-0.39, 0.29) is 12.0 Å². The van der Waals surface area contributed by atoms with Crippen molar-refractivity contribution in [3.05, 3.63) is 0 Å². The Morgan fingerprint density at radius 2 is 2.20 bits per heavy atom. The molecule has 0 saturated heterocycles. The van der Waals surface area contributed by atoms with Crippen molar-refractivity contribution in [2.45, 2.75) is 0 Å². The lowest BCUT2D eigenvalue weighted by Gasteiger charge is -2.05. The van der Waals surface area contributed by atoms with Crippen molar-refractivity contribution in [1.29, 1.82) is 0 Å². The van der Waals surface area contributed by atoms with E-state index >= 15 is 0 Å². The highest BCUT2D eigenvalue weighted by Crippen LogP contribution is 2.07. The van der Waals surface area contributed by atoms with Crippen LogP contribution < -0.4 is 15.8 Å². The highest BCUT2D eigenvalue weighted by atomic mass is 32.2. The average molecular weight is 231 g/mol. The summed E-state index contributed by atoms with van der Waals surface area (Å²) in [6.45, 7) is 0.510. The number of methoxy groups -OCH3 is 1. The van der Waals surface area contributed by atoms with Crippen LogP contribution in [0.15, 0.2) is 0 Å². The molecule has 1 atom stereocenters. The van der Waals surface area contributed by atoms with Crippen molar-refractivity contribution in [1.82, 2.24) is 15.0 Å². The number of nitrogens with two attached hydrogens (primary N) is 1. The number of anilines is 2. The minimum Gasteiger partial charge on any atom is -0.467 e. The molecule has 0 aliphatic heterocycles. The highest BCUT2D eigenvalue weighted by molar-refractivity contribution is 7.84. The normalized spacial score (nSPS) is 12.1. The fourth-order valence-electron chi connectivity index (χ4n) is 0.849. The van der Waals surface area contributed by atoms with Gasteiger partial charge in [0.25, 0.3) is 0 Å². The molecule has 7 nitrogen and oxygen atoms in total. The van der Waals surface area contributed by atoms with E-state index in [9.17, 15) is 4.21 Å². The number of nitrogens with zero attached hydrogens (tertiary/aromatic N) is 3. The van der Waals surface area contributed by atoms with Gasteiger partial charge in [-0.1, -0.05) is 0 Å². The first kappa shape index (κ1) is 11.6. The van der Waals surface area contributed by atoms with Crippen molar-refractivity contribution in [3.8, 4) is 6.01 Å². The van der Waals surface area contributed by atoms with E-state index in [1.807, 2.05) is 0 Å². The second-order valence-electron chi connectivity index (χ2n) is 2.71. The van der Waals surface area contributed by atoms with E-state index < -0.39 is 10.8 Å². The molecule has 0 fully saturated rings. The van der Waals surface area contributed by atoms with Crippen LogP contribution in [0.25, 0.3) is 0 Å². The van der Waals surface area contributed by atoms with E-state index in [2.05, 4.69) is 20.3 Å². The summed E-state index contributed by atoms with van der Waals surface area (Å²) in [5.41, 5.74) is 5.42. The largest absolute Gasteiger partial charge is 0.467 e. The van der Waals surface area contributed by atoms with Gasteiger partial charge in [-0.25, -0.2) is 0 Å². The molecular weight excluding hydrogens is 218 g/mol. The van der Waals surface area contributed by atoms with Gasteiger partial charge in [0.15, 0.2) is 0 Å².